The van der Waals surface area contributed by atoms with E-state index in [1.54, 1.807) is 0 Å². The monoisotopic (exact) mass is 349 g/mol. The standard InChI is InChI=1S/Ba.H3P.Sb.V.5H/h;1H3;;;;;;;/q+2;;;;;;;2*-1. The van der Waals surface area contributed by atoms with E-state index in [4.69, 9.17) is 0 Å². The summed E-state index contributed by atoms with van der Waals surface area (Å²) in [7, 11) is 0. The summed E-state index contributed by atoms with van der Waals surface area (Å²) in [5.41, 5.74) is 0. The van der Waals surface area contributed by atoms with Gasteiger partial charge < -0.3 is 2.85 Å². The number of hydrogen-bond donors (Lipinski definition) is 0. The summed E-state index contributed by atoms with van der Waals surface area (Å²) in [5, 5.41) is 0. The van der Waals surface area contributed by atoms with Crippen molar-refractivity contribution in [3.8, 4) is 0 Å². The Kier molecular flexibility index (Phi) is 106. The van der Waals surface area contributed by atoms with E-state index in [1.807, 2.05) is 0 Å². The molecule has 0 aliphatic carbocycles. The summed E-state index contributed by atoms with van der Waals surface area (Å²) < 4.78 is 0. The van der Waals surface area contributed by atoms with Crippen molar-refractivity contribution in [1.82, 2.24) is 0 Å². The molecule has 1 atom stereocenters. The topological polar surface area (TPSA) is 0 Å². The van der Waals surface area contributed by atoms with E-state index in [0.717, 1.165) is 0 Å². The fourth-order valence-corrected chi connectivity index (χ4v) is 0. The van der Waals surface area contributed by atoms with Crippen LogP contribution in [-0.2, 0) is 18.6 Å². The maximum Gasteiger partial charge on any atom is 0 e. The molecule has 1 unspecified atom stereocenters. The van der Waals surface area contributed by atoms with Gasteiger partial charge in [0.1, 0.15) is 0 Å². The van der Waals surface area contributed by atoms with Crippen LogP contribution in [0.1, 0.15) is 2.85 Å². The van der Waals surface area contributed by atoms with E-state index in [9.17, 15) is 0 Å². The van der Waals surface area contributed by atoms with Crippen LogP contribution in [0.25, 0.3) is 0 Å². The molecule has 0 spiro atoms. The van der Waals surface area contributed by atoms with Gasteiger partial charge in [-0.1, -0.05) is 0 Å². The first kappa shape index (κ1) is 26.2. The molecule has 0 N–H and O–H groups in total. The quantitative estimate of drug-likeness (QED) is 0.378. The zero-order valence-corrected chi connectivity index (χ0v) is 13.9. The van der Waals surface area contributed by atoms with Crippen molar-refractivity contribution in [2.75, 3.05) is 0 Å². The predicted octanol–water partition coefficient (Wildman–Crippen LogP) is -1.28. The first-order valence-corrected chi connectivity index (χ1v) is 0. The zero-order chi connectivity index (χ0) is 0. The van der Waals surface area contributed by atoms with Crippen molar-refractivity contribution < 1.29 is 21.4 Å². The number of rotatable bonds is 0. The minimum atomic E-state index is 0. The van der Waals surface area contributed by atoms with Gasteiger partial charge in [-0.15, -0.1) is 0 Å². The van der Waals surface area contributed by atoms with Gasteiger partial charge in [0.25, 0.3) is 0 Å². The fraction of sp³-hybridized carbons (Fsp3) is 0. The Morgan fingerprint density at radius 2 is 1.25 bits per heavy atom. The summed E-state index contributed by atoms with van der Waals surface area (Å²) in [5.74, 6) is 0. The van der Waals surface area contributed by atoms with Crippen LogP contribution >= 0.6 is 9.90 Å². The average molecular weight is 349 g/mol. The second-order valence-electron chi connectivity index (χ2n) is 0. The van der Waals surface area contributed by atoms with Crippen molar-refractivity contribution in [2.24, 2.45) is 0 Å². The smallest absolute Gasteiger partial charge is 0 e. The van der Waals surface area contributed by atoms with Crippen LogP contribution in [-0.4, -0.2) is 73.3 Å². The molecular weight excluding hydrogens is 341 g/mol. The van der Waals surface area contributed by atoms with E-state index in [0.29, 0.717) is 0 Å². The van der Waals surface area contributed by atoms with E-state index >= 15 is 0 Å². The van der Waals surface area contributed by atoms with Crippen molar-refractivity contribution >= 4 is 83.2 Å². The minimum absolute atomic E-state index is 0. The summed E-state index contributed by atoms with van der Waals surface area (Å²) in [4.78, 5) is 0. The summed E-state index contributed by atoms with van der Waals surface area (Å²) in [6, 6.07) is 0. The summed E-state index contributed by atoms with van der Waals surface area (Å²) >= 11 is 0. The molecule has 1 radical (unpaired) electrons. The van der Waals surface area contributed by atoms with Crippen LogP contribution < -0.4 is 0 Å². The van der Waals surface area contributed by atoms with Crippen molar-refractivity contribution in [3.63, 3.8) is 0 Å². The van der Waals surface area contributed by atoms with Crippen LogP contribution in [0.5, 0.6) is 0 Å². The normalized spacial score (nSPS) is 0. The molecule has 4 heavy (non-hydrogen) atoms. The largest absolute Gasteiger partial charge is 0 e. The average Bonchev–Trinajstić information content (AvgIpc) is 0. The van der Waals surface area contributed by atoms with Crippen LogP contribution in [0, 0.1) is 0 Å². The molecule has 0 saturated carbocycles. The van der Waals surface area contributed by atoms with Gasteiger partial charge in [-0.2, -0.15) is 9.90 Å². The van der Waals surface area contributed by atoms with Crippen molar-refractivity contribution in [1.29, 1.82) is 0 Å². The third-order valence-electron chi connectivity index (χ3n) is 0. The Balaban J connectivity index is 0. The van der Waals surface area contributed by atoms with Crippen LogP contribution in [0.3, 0.4) is 0 Å². The van der Waals surface area contributed by atoms with Gasteiger partial charge in [-0.3, -0.25) is 0 Å². The minimum Gasteiger partial charge on any atom is 0 e. The van der Waals surface area contributed by atoms with Crippen molar-refractivity contribution in [3.05, 3.63) is 0 Å². The molecular formula is H8BaPSbV. The molecule has 0 aromatic carbocycles. The molecule has 0 saturated heterocycles. The van der Waals surface area contributed by atoms with E-state index in [1.165, 1.54) is 0 Å². The van der Waals surface area contributed by atoms with E-state index in [-0.39, 0.29) is 105 Å². The van der Waals surface area contributed by atoms with Gasteiger partial charge in [-0.25, -0.2) is 0 Å². The molecule has 0 aromatic rings. The first-order chi connectivity index (χ1) is 0. The van der Waals surface area contributed by atoms with Gasteiger partial charge in [-0.05, 0) is 0 Å². The molecule has 4 heteroatoms. The first-order valence-electron chi connectivity index (χ1n) is 0. The Hall–Kier alpha value is 3.40. The maximum atomic E-state index is 0. The van der Waals surface area contributed by atoms with Gasteiger partial charge in [0, 0.05) is 18.6 Å². The molecule has 0 bridgehead atoms. The summed E-state index contributed by atoms with van der Waals surface area (Å²) in [6.07, 6.45) is 0. The Morgan fingerprint density at radius 1 is 1.25 bits per heavy atom. The Morgan fingerprint density at radius 3 is 1.25 bits per heavy atom. The van der Waals surface area contributed by atoms with Crippen molar-refractivity contribution in [2.45, 2.75) is 0 Å². The van der Waals surface area contributed by atoms with Gasteiger partial charge in [0.2, 0.25) is 0 Å². The van der Waals surface area contributed by atoms with Crippen LogP contribution in [0.4, 0.5) is 0 Å². The zero-order valence-electron chi connectivity index (χ0n) is 4.57. The van der Waals surface area contributed by atoms with Gasteiger partial charge in [0.15, 0.2) is 0 Å². The molecule has 0 aliphatic rings. The SMILES string of the molecule is P.[Ba+2].[H-].[H-].[SbH3].[V]. The molecule has 0 aromatic heterocycles. The third-order valence-corrected chi connectivity index (χ3v) is 0. The Labute approximate surface area is 102 Å². The van der Waals surface area contributed by atoms with Crippen LogP contribution in [0.15, 0.2) is 0 Å². The van der Waals surface area contributed by atoms with Crippen LogP contribution in [0.2, 0.25) is 0 Å². The molecule has 0 heterocycles. The van der Waals surface area contributed by atoms with E-state index < -0.39 is 0 Å². The maximum absolute atomic E-state index is 0. The summed E-state index contributed by atoms with van der Waals surface area (Å²) in [6.45, 7) is 0. The molecule has 0 nitrogen and oxygen atoms in total. The fourth-order valence-electron chi connectivity index (χ4n) is 0. The molecule has 25 valence electrons. The molecule has 0 fully saturated rings. The van der Waals surface area contributed by atoms with Gasteiger partial charge in [0.05, 0.1) is 0 Å². The number of hydrogen-bond acceptors (Lipinski definition) is 0. The Bertz CT molecular complexity index is 13.5. The second kappa shape index (κ2) is 16.1. The van der Waals surface area contributed by atoms with Gasteiger partial charge >= 0.3 is 73.3 Å². The van der Waals surface area contributed by atoms with E-state index in [2.05, 4.69) is 0 Å². The predicted molar refractivity (Wildman–Crippen MR) is 29.0 cm³/mol. The molecule has 0 rings (SSSR count). The second-order valence-corrected chi connectivity index (χ2v) is 0. The molecule has 0 aliphatic heterocycles. The molecule has 0 amide bonds. The third kappa shape index (κ3) is 9.05.